The summed E-state index contributed by atoms with van der Waals surface area (Å²) in [6.07, 6.45) is 2.63. The van der Waals surface area contributed by atoms with E-state index in [9.17, 15) is 4.39 Å². The zero-order valence-electron chi connectivity index (χ0n) is 9.13. The van der Waals surface area contributed by atoms with Crippen LogP contribution in [0.25, 0.3) is 0 Å². The van der Waals surface area contributed by atoms with Gasteiger partial charge in [0, 0.05) is 18.4 Å². The van der Waals surface area contributed by atoms with E-state index in [1.165, 1.54) is 12.1 Å². The van der Waals surface area contributed by atoms with Crippen molar-refractivity contribution in [2.75, 3.05) is 11.9 Å². The number of aromatic amines is 1. The molecule has 0 fully saturated rings. The number of imidazole rings is 1. The minimum absolute atomic E-state index is 0.196. The summed E-state index contributed by atoms with van der Waals surface area (Å²) in [4.78, 5) is 7.22. The fraction of sp³-hybridized carbons (Fsp3) is 0.250. The van der Waals surface area contributed by atoms with Crippen LogP contribution >= 0.6 is 0 Å². The Balaban J connectivity index is 1.82. The summed E-state index contributed by atoms with van der Waals surface area (Å²) in [5.74, 6) is 0.581. The van der Waals surface area contributed by atoms with Crippen molar-refractivity contribution in [3.8, 4) is 0 Å². The molecule has 0 aliphatic rings. The van der Waals surface area contributed by atoms with Crippen LogP contribution in [-0.2, 0) is 6.42 Å². The molecule has 16 heavy (non-hydrogen) atoms. The molecule has 1 heterocycles. The van der Waals surface area contributed by atoms with E-state index < -0.39 is 0 Å². The highest BCUT2D eigenvalue weighted by Gasteiger charge is 1.97. The third kappa shape index (κ3) is 2.82. The Morgan fingerprint density at radius 2 is 2.06 bits per heavy atom. The molecule has 2 aromatic rings. The van der Waals surface area contributed by atoms with Crippen molar-refractivity contribution in [3.05, 3.63) is 47.5 Å². The van der Waals surface area contributed by atoms with Crippen LogP contribution in [0.4, 0.5) is 10.3 Å². The second-order valence-corrected chi connectivity index (χ2v) is 3.72. The SMILES string of the molecule is Cc1cnc(NCCc2ccc(F)cc2)[nH]1. The van der Waals surface area contributed by atoms with Crippen LogP contribution in [0.3, 0.4) is 0 Å². The maximum atomic E-state index is 12.6. The Bertz CT molecular complexity index is 448. The fourth-order valence-corrected chi connectivity index (χ4v) is 1.48. The summed E-state index contributed by atoms with van der Waals surface area (Å²) < 4.78 is 12.6. The Morgan fingerprint density at radius 1 is 1.31 bits per heavy atom. The van der Waals surface area contributed by atoms with Crippen molar-refractivity contribution in [2.45, 2.75) is 13.3 Å². The number of nitrogens with zero attached hydrogens (tertiary/aromatic N) is 1. The Hall–Kier alpha value is -1.84. The van der Waals surface area contributed by atoms with Gasteiger partial charge in [0.05, 0.1) is 0 Å². The number of aryl methyl sites for hydroxylation is 1. The largest absolute Gasteiger partial charge is 0.355 e. The normalized spacial score (nSPS) is 10.4. The molecule has 0 spiro atoms. The molecule has 0 aliphatic heterocycles. The summed E-state index contributed by atoms with van der Waals surface area (Å²) in [5.41, 5.74) is 2.14. The number of nitrogens with one attached hydrogen (secondary N) is 2. The molecule has 1 aromatic carbocycles. The Morgan fingerprint density at radius 3 is 2.69 bits per heavy atom. The lowest BCUT2D eigenvalue weighted by molar-refractivity contribution is 0.627. The molecule has 3 nitrogen and oxygen atoms in total. The van der Waals surface area contributed by atoms with E-state index in [-0.39, 0.29) is 5.82 Å². The number of halogens is 1. The monoisotopic (exact) mass is 219 g/mol. The van der Waals surface area contributed by atoms with E-state index in [0.717, 1.165) is 30.2 Å². The number of hydrogen-bond donors (Lipinski definition) is 2. The third-order valence-electron chi connectivity index (χ3n) is 2.32. The highest BCUT2D eigenvalue weighted by molar-refractivity contribution is 5.26. The molecule has 0 bridgehead atoms. The average molecular weight is 219 g/mol. The lowest BCUT2D eigenvalue weighted by Crippen LogP contribution is -2.06. The lowest BCUT2D eigenvalue weighted by Gasteiger charge is -2.03. The molecule has 0 atom stereocenters. The summed E-state index contributed by atoms with van der Waals surface area (Å²) in [6, 6.07) is 6.55. The zero-order chi connectivity index (χ0) is 11.4. The zero-order valence-corrected chi connectivity index (χ0v) is 9.13. The highest BCUT2D eigenvalue weighted by Crippen LogP contribution is 2.05. The van der Waals surface area contributed by atoms with Gasteiger partial charge in [-0.25, -0.2) is 9.37 Å². The van der Waals surface area contributed by atoms with Gasteiger partial charge in [-0.05, 0) is 31.0 Å². The van der Waals surface area contributed by atoms with Crippen molar-refractivity contribution in [2.24, 2.45) is 0 Å². The van der Waals surface area contributed by atoms with E-state index in [4.69, 9.17) is 0 Å². The highest BCUT2D eigenvalue weighted by atomic mass is 19.1. The number of anilines is 1. The number of hydrogen-bond acceptors (Lipinski definition) is 2. The van der Waals surface area contributed by atoms with Crippen molar-refractivity contribution in [1.82, 2.24) is 9.97 Å². The molecular weight excluding hydrogens is 205 g/mol. The molecule has 4 heteroatoms. The molecule has 0 aliphatic carbocycles. The smallest absolute Gasteiger partial charge is 0.200 e. The van der Waals surface area contributed by atoms with Crippen LogP contribution < -0.4 is 5.32 Å². The van der Waals surface area contributed by atoms with Gasteiger partial charge in [-0.3, -0.25) is 0 Å². The Labute approximate surface area is 93.7 Å². The lowest BCUT2D eigenvalue weighted by atomic mass is 10.1. The number of aromatic nitrogens is 2. The van der Waals surface area contributed by atoms with Crippen LogP contribution in [0.15, 0.2) is 30.5 Å². The first kappa shape index (κ1) is 10.7. The van der Waals surface area contributed by atoms with Crippen LogP contribution in [0, 0.1) is 12.7 Å². The summed E-state index contributed by atoms with van der Waals surface area (Å²) in [5, 5.41) is 3.17. The number of H-pyrrole nitrogens is 1. The topological polar surface area (TPSA) is 40.7 Å². The van der Waals surface area contributed by atoms with Gasteiger partial charge in [0.1, 0.15) is 5.82 Å². The first-order chi connectivity index (χ1) is 7.74. The van der Waals surface area contributed by atoms with E-state index in [1.807, 2.05) is 6.92 Å². The molecule has 0 saturated carbocycles. The molecule has 2 rings (SSSR count). The third-order valence-corrected chi connectivity index (χ3v) is 2.32. The van der Waals surface area contributed by atoms with E-state index in [2.05, 4.69) is 15.3 Å². The quantitative estimate of drug-likeness (QED) is 0.829. The minimum Gasteiger partial charge on any atom is -0.355 e. The molecule has 0 radical (unpaired) electrons. The average Bonchev–Trinajstić information content (AvgIpc) is 2.67. The predicted octanol–water partition coefficient (Wildman–Crippen LogP) is 2.51. The molecule has 84 valence electrons. The summed E-state index contributed by atoms with van der Waals surface area (Å²) >= 11 is 0. The van der Waals surface area contributed by atoms with Crippen molar-refractivity contribution in [3.63, 3.8) is 0 Å². The fourth-order valence-electron chi connectivity index (χ4n) is 1.48. The van der Waals surface area contributed by atoms with E-state index in [1.54, 1.807) is 18.3 Å². The first-order valence-corrected chi connectivity index (χ1v) is 5.24. The van der Waals surface area contributed by atoms with Gasteiger partial charge < -0.3 is 10.3 Å². The predicted molar refractivity (Wildman–Crippen MR) is 61.9 cm³/mol. The van der Waals surface area contributed by atoms with Crippen molar-refractivity contribution in [1.29, 1.82) is 0 Å². The van der Waals surface area contributed by atoms with Gasteiger partial charge in [-0.1, -0.05) is 12.1 Å². The van der Waals surface area contributed by atoms with Gasteiger partial charge >= 0.3 is 0 Å². The van der Waals surface area contributed by atoms with Gasteiger partial charge in [0.15, 0.2) is 5.95 Å². The van der Waals surface area contributed by atoms with Crippen LogP contribution in [0.1, 0.15) is 11.3 Å². The van der Waals surface area contributed by atoms with Gasteiger partial charge in [0.2, 0.25) is 0 Å². The van der Waals surface area contributed by atoms with Crippen LogP contribution in [0.2, 0.25) is 0 Å². The standard InChI is InChI=1S/C12H14FN3/c1-9-8-15-12(16-9)14-7-6-10-2-4-11(13)5-3-10/h2-5,8H,6-7H2,1H3,(H2,14,15,16). The van der Waals surface area contributed by atoms with Crippen LogP contribution in [-0.4, -0.2) is 16.5 Å². The summed E-state index contributed by atoms with van der Waals surface area (Å²) in [7, 11) is 0. The Kier molecular flexibility index (Phi) is 3.19. The second-order valence-electron chi connectivity index (χ2n) is 3.72. The molecule has 2 N–H and O–H groups in total. The first-order valence-electron chi connectivity index (χ1n) is 5.24. The summed E-state index contributed by atoms with van der Waals surface area (Å²) in [6.45, 7) is 2.73. The van der Waals surface area contributed by atoms with Crippen LogP contribution in [0.5, 0.6) is 0 Å². The van der Waals surface area contributed by atoms with Gasteiger partial charge in [0.25, 0.3) is 0 Å². The molecule has 0 saturated heterocycles. The molecule has 1 aromatic heterocycles. The molecular formula is C12H14FN3. The maximum absolute atomic E-state index is 12.6. The molecule has 0 unspecified atom stereocenters. The van der Waals surface area contributed by atoms with Gasteiger partial charge in [-0.15, -0.1) is 0 Å². The van der Waals surface area contributed by atoms with Gasteiger partial charge in [-0.2, -0.15) is 0 Å². The van der Waals surface area contributed by atoms with E-state index >= 15 is 0 Å². The van der Waals surface area contributed by atoms with Crippen molar-refractivity contribution >= 4 is 5.95 Å². The molecule has 0 amide bonds. The number of benzene rings is 1. The minimum atomic E-state index is -0.196. The number of rotatable bonds is 4. The second kappa shape index (κ2) is 4.79. The van der Waals surface area contributed by atoms with E-state index in [0.29, 0.717) is 0 Å². The van der Waals surface area contributed by atoms with Crippen molar-refractivity contribution < 1.29 is 4.39 Å². The maximum Gasteiger partial charge on any atom is 0.200 e.